The highest BCUT2D eigenvalue weighted by Crippen LogP contribution is 2.31. The van der Waals surface area contributed by atoms with E-state index in [0.717, 1.165) is 16.5 Å². The molecule has 0 aliphatic carbocycles. The molecular formula is C20H20N4O3S. The van der Waals surface area contributed by atoms with Gasteiger partial charge >= 0.3 is 5.97 Å². The summed E-state index contributed by atoms with van der Waals surface area (Å²) in [5.41, 5.74) is 2.61. The van der Waals surface area contributed by atoms with Crippen LogP contribution in [0.4, 0.5) is 11.5 Å². The van der Waals surface area contributed by atoms with Gasteiger partial charge in [0.2, 0.25) is 0 Å². The van der Waals surface area contributed by atoms with E-state index in [4.69, 9.17) is 9.47 Å². The topological polar surface area (TPSA) is 85.7 Å². The van der Waals surface area contributed by atoms with Crippen LogP contribution < -0.4 is 10.1 Å². The third-order valence-electron chi connectivity index (χ3n) is 4.06. The zero-order chi connectivity index (χ0) is 20.1. The van der Waals surface area contributed by atoms with Gasteiger partial charge in [-0.2, -0.15) is 0 Å². The molecular weight excluding hydrogens is 376 g/mol. The van der Waals surface area contributed by atoms with E-state index in [0.29, 0.717) is 28.6 Å². The lowest BCUT2D eigenvalue weighted by Crippen LogP contribution is -2.06. The molecule has 0 amide bonds. The van der Waals surface area contributed by atoms with Gasteiger partial charge in [-0.05, 0) is 25.1 Å². The first-order chi connectivity index (χ1) is 13.6. The molecule has 0 unspecified atom stereocenters. The fourth-order valence-electron chi connectivity index (χ4n) is 2.65. The summed E-state index contributed by atoms with van der Waals surface area (Å²) in [4.78, 5) is 25.4. The van der Waals surface area contributed by atoms with Crippen LogP contribution in [0.1, 0.15) is 23.1 Å². The predicted molar refractivity (Wildman–Crippen MR) is 113 cm³/mol. The minimum absolute atomic E-state index is 0.410. The molecule has 0 bridgehead atoms. The lowest BCUT2D eigenvalue weighted by molar-refractivity contribution is 0.0602. The molecule has 2 aromatic heterocycles. The first-order valence-electron chi connectivity index (χ1n) is 8.47. The van der Waals surface area contributed by atoms with Crippen LogP contribution in [0.25, 0.3) is 16.5 Å². The van der Waals surface area contributed by atoms with Crippen LogP contribution in [0.5, 0.6) is 5.75 Å². The first-order valence-corrected chi connectivity index (χ1v) is 9.41. The first kappa shape index (κ1) is 19.5. The number of esters is 1. The SMILES string of the molecule is C/C=C(\C=N/C)c1nc(Nc2cscc2C(=O)OC)c2cc(OC)ccc2n1. The molecule has 1 aromatic carbocycles. The van der Waals surface area contributed by atoms with E-state index in [1.54, 1.807) is 25.8 Å². The van der Waals surface area contributed by atoms with Crippen molar-refractivity contribution in [1.82, 2.24) is 9.97 Å². The standard InChI is InChI=1S/C20H20N4O3S/c1-5-12(9-21-2)18-22-16-7-6-13(26-3)8-14(16)19(24-18)23-17-11-28-10-15(17)20(25)27-4/h5-11H,1-4H3,(H,22,23,24)/b12-5+,21-9-. The highest BCUT2D eigenvalue weighted by atomic mass is 32.1. The summed E-state index contributed by atoms with van der Waals surface area (Å²) in [5.74, 6) is 1.37. The Morgan fingerprint density at radius 2 is 2.07 bits per heavy atom. The minimum atomic E-state index is -0.410. The lowest BCUT2D eigenvalue weighted by atomic mass is 10.2. The van der Waals surface area contributed by atoms with Gasteiger partial charge in [-0.3, -0.25) is 4.99 Å². The van der Waals surface area contributed by atoms with E-state index >= 15 is 0 Å². The van der Waals surface area contributed by atoms with Gasteiger partial charge in [-0.1, -0.05) is 6.08 Å². The van der Waals surface area contributed by atoms with Crippen molar-refractivity contribution in [3.63, 3.8) is 0 Å². The molecule has 8 heteroatoms. The number of anilines is 2. The lowest BCUT2D eigenvalue weighted by Gasteiger charge is -2.12. The zero-order valence-electron chi connectivity index (χ0n) is 16.0. The summed E-state index contributed by atoms with van der Waals surface area (Å²) in [6, 6.07) is 5.57. The molecule has 0 fully saturated rings. The number of aromatic nitrogens is 2. The van der Waals surface area contributed by atoms with Gasteiger partial charge in [-0.25, -0.2) is 14.8 Å². The van der Waals surface area contributed by atoms with Gasteiger partial charge in [0.05, 0.1) is 31.0 Å². The molecule has 3 rings (SSSR count). The number of ether oxygens (including phenoxy) is 2. The number of nitrogens with zero attached hydrogens (tertiary/aromatic N) is 3. The Kier molecular flexibility index (Phi) is 6.00. The normalized spacial score (nSPS) is 11.8. The van der Waals surface area contributed by atoms with Gasteiger partial charge < -0.3 is 14.8 Å². The Morgan fingerprint density at radius 1 is 1.25 bits per heavy atom. The maximum atomic E-state index is 12.0. The number of allylic oxidation sites excluding steroid dienone is 2. The summed E-state index contributed by atoms with van der Waals surface area (Å²) >= 11 is 1.40. The van der Waals surface area contributed by atoms with Crippen molar-refractivity contribution in [2.45, 2.75) is 6.92 Å². The van der Waals surface area contributed by atoms with E-state index in [1.165, 1.54) is 18.4 Å². The van der Waals surface area contributed by atoms with Crippen molar-refractivity contribution in [2.24, 2.45) is 4.99 Å². The second-order valence-corrected chi connectivity index (χ2v) is 6.47. The van der Waals surface area contributed by atoms with E-state index < -0.39 is 5.97 Å². The number of hydrogen-bond donors (Lipinski definition) is 1. The van der Waals surface area contributed by atoms with Crippen LogP contribution in [0.2, 0.25) is 0 Å². The number of aliphatic imine (C=N–C) groups is 1. The van der Waals surface area contributed by atoms with Crippen molar-refractivity contribution in [3.05, 3.63) is 46.4 Å². The molecule has 7 nitrogen and oxygen atoms in total. The summed E-state index contributed by atoms with van der Waals surface area (Å²) in [6.45, 7) is 1.90. The maximum Gasteiger partial charge on any atom is 0.340 e. The number of methoxy groups -OCH3 is 2. The van der Waals surface area contributed by atoms with Crippen molar-refractivity contribution < 1.29 is 14.3 Å². The maximum absolute atomic E-state index is 12.0. The van der Waals surface area contributed by atoms with Gasteiger partial charge in [0, 0.05) is 35.0 Å². The third kappa shape index (κ3) is 3.86. The molecule has 0 spiro atoms. The second kappa shape index (κ2) is 8.62. The number of carbonyl (C=O) groups excluding carboxylic acids is 1. The van der Waals surface area contributed by atoms with Gasteiger partial charge in [0.15, 0.2) is 5.82 Å². The quantitative estimate of drug-likeness (QED) is 0.493. The van der Waals surface area contributed by atoms with Gasteiger partial charge in [0.1, 0.15) is 11.6 Å². The Morgan fingerprint density at radius 3 is 2.75 bits per heavy atom. The Hall–Kier alpha value is -3.26. The Labute approximate surface area is 166 Å². The molecule has 28 heavy (non-hydrogen) atoms. The van der Waals surface area contributed by atoms with Crippen molar-refractivity contribution >= 4 is 51.5 Å². The monoisotopic (exact) mass is 396 g/mol. The Bertz CT molecular complexity index is 1070. The number of hydrogen-bond acceptors (Lipinski definition) is 8. The molecule has 0 saturated carbocycles. The van der Waals surface area contributed by atoms with E-state index in [9.17, 15) is 4.79 Å². The predicted octanol–water partition coefficient (Wildman–Crippen LogP) is 4.33. The van der Waals surface area contributed by atoms with Crippen LogP contribution >= 0.6 is 11.3 Å². The smallest absolute Gasteiger partial charge is 0.340 e. The summed E-state index contributed by atoms with van der Waals surface area (Å²) < 4.78 is 10.2. The molecule has 144 valence electrons. The van der Waals surface area contributed by atoms with Crippen LogP contribution in [0, 0.1) is 0 Å². The summed E-state index contributed by atoms with van der Waals surface area (Å²) in [7, 11) is 4.66. The fraction of sp³-hybridized carbons (Fsp3) is 0.200. The van der Waals surface area contributed by atoms with E-state index in [-0.39, 0.29) is 0 Å². The van der Waals surface area contributed by atoms with Gasteiger partial charge in [-0.15, -0.1) is 11.3 Å². The molecule has 0 atom stereocenters. The van der Waals surface area contributed by atoms with Crippen LogP contribution in [-0.2, 0) is 4.74 Å². The number of thiophene rings is 1. The van der Waals surface area contributed by atoms with Crippen LogP contribution in [0.15, 0.2) is 40.0 Å². The fourth-order valence-corrected chi connectivity index (χ4v) is 3.40. The number of rotatable bonds is 6. The molecule has 0 aliphatic heterocycles. The molecule has 0 saturated heterocycles. The summed E-state index contributed by atoms with van der Waals surface area (Å²) in [6.07, 6.45) is 3.60. The molecule has 2 heterocycles. The molecule has 0 radical (unpaired) electrons. The number of fused-ring (bicyclic) bond motifs is 1. The molecule has 1 N–H and O–H groups in total. The second-order valence-electron chi connectivity index (χ2n) is 5.73. The average Bonchev–Trinajstić information content (AvgIpc) is 3.19. The van der Waals surface area contributed by atoms with E-state index in [2.05, 4.69) is 20.3 Å². The number of carbonyl (C=O) groups is 1. The van der Waals surface area contributed by atoms with E-state index in [1.807, 2.05) is 36.6 Å². The van der Waals surface area contributed by atoms with Gasteiger partial charge in [0.25, 0.3) is 0 Å². The van der Waals surface area contributed by atoms with Crippen molar-refractivity contribution in [1.29, 1.82) is 0 Å². The number of benzene rings is 1. The third-order valence-corrected chi connectivity index (χ3v) is 4.80. The van der Waals surface area contributed by atoms with Crippen molar-refractivity contribution in [3.8, 4) is 5.75 Å². The zero-order valence-corrected chi connectivity index (χ0v) is 16.8. The minimum Gasteiger partial charge on any atom is -0.497 e. The highest BCUT2D eigenvalue weighted by Gasteiger charge is 2.16. The van der Waals surface area contributed by atoms with Crippen molar-refractivity contribution in [2.75, 3.05) is 26.6 Å². The van der Waals surface area contributed by atoms with Crippen LogP contribution in [-0.4, -0.2) is 43.4 Å². The number of nitrogens with one attached hydrogen (secondary N) is 1. The molecule has 3 aromatic rings. The largest absolute Gasteiger partial charge is 0.497 e. The molecule has 0 aliphatic rings. The Balaban J connectivity index is 2.18. The highest BCUT2D eigenvalue weighted by molar-refractivity contribution is 7.08. The van der Waals surface area contributed by atoms with Crippen LogP contribution in [0.3, 0.4) is 0 Å². The average molecular weight is 396 g/mol. The summed E-state index contributed by atoms with van der Waals surface area (Å²) in [5, 5.41) is 7.60.